The van der Waals surface area contributed by atoms with Gasteiger partial charge in [0.15, 0.2) is 0 Å². The van der Waals surface area contributed by atoms with E-state index in [1.54, 1.807) is 16.8 Å². The average Bonchev–Trinajstić information content (AvgIpc) is 3.11. The number of β-amino-alcohol motifs (C(OH)–C–C–N with tert-alkyl or cyclic N) is 1. The van der Waals surface area contributed by atoms with Crippen molar-refractivity contribution in [1.29, 1.82) is 0 Å². The maximum Gasteiger partial charge on any atom is 0.133 e. The van der Waals surface area contributed by atoms with Gasteiger partial charge in [0.05, 0.1) is 22.8 Å². The molecule has 8 heteroatoms. The molecule has 1 aliphatic rings. The summed E-state index contributed by atoms with van der Waals surface area (Å²) in [5, 5.41) is 38.5. The summed E-state index contributed by atoms with van der Waals surface area (Å²) in [7, 11) is 1.87. The molecule has 154 valence electrons. The number of aryl methyl sites for hydroxylation is 2. The number of fused-ring (bicyclic) bond motifs is 2. The van der Waals surface area contributed by atoms with Gasteiger partial charge in [-0.15, -0.1) is 10.2 Å². The quantitative estimate of drug-likeness (QED) is 0.471. The van der Waals surface area contributed by atoms with Crippen LogP contribution in [0.1, 0.15) is 17.5 Å². The zero-order valence-corrected chi connectivity index (χ0v) is 16.7. The van der Waals surface area contributed by atoms with Crippen LogP contribution >= 0.6 is 0 Å². The average molecular weight is 407 g/mol. The van der Waals surface area contributed by atoms with E-state index in [-0.39, 0.29) is 13.0 Å². The molecule has 0 radical (unpaired) electrons. The van der Waals surface area contributed by atoms with Gasteiger partial charge in [-0.25, -0.2) is 4.39 Å². The first-order valence-electron chi connectivity index (χ1n) is 9.88. The topological polar surface area (TPSA) is 96.1 Å². The van der Waals surface area contributed by atoms with Crippen LogP contribution in [0, 0.1) is 12.7 Å². The number of nitrogens with zero attached hydrogens (tertiary/aromatic N) is 4. The minimum Gasteiger partial charge on any atom is -0.388 e. The van der Waals surface area contributed by atoms with Crippen LogP contribution in [-0.4, -0.2) is 49.4 Å². The van der Waals surface area contributed by atoms with Gasteiger partial charge in [0.2, 0.25) is 0 Å². The van der Waals surface area contributed by atoms with Crippen LogP contribution in [0.25, 0.3) is 33.1 Å². The number of nitrogens with one attached hydrogen (secondary N) is 1. The van der Waals surface area contributed by atoms with Crippen molar-refractivity contribution in [3.8, 4) is 11.3 Å². The van der Waals surface area contributed by atoms with Crippen molar-refractivity contribution < 1.29 is 14.6 Å². The normalized spacial score (nSPS) is 22.1. The molecule has 0 bridgehead atoms. The molecule has 1 saturated heterocycles. The fraction of sp³-hybridized carbons (Fsp3) is 0.318. The molecule has 0 spiro atoms. The van der Waals surface area contributed by atoms with Gasteiger partial charge >= 0.3 is 0 Å². The summed E-state index contributed by atoms with van der Waals surface area (Å²) < 4.78 is 16.8. The molecule has 1 aliphatic heterocycles. The van der Waals surface area contributed by atoms with Gasteiger partial charge in [0, 0.05) is 36.1 Å². The van der Waals surface area contributed by atoms with Gasteiger partial charge < -0.3 is 15.5 Å². The van der Waals surface area contributed by atoms with Gasteiger partial charge in [0.1, 0.15) is 11.4 Å². The van der Waals surface area contributed by atoms with Gasteiger partial charge in [-0.3, -0.25) is 4.68 Å². The van der Waals surface area contributed by atoms with Crippen LogP contribution in [0.4, 0.5) is 4.39 Å². The Balaban J connectivity index is 1.61. The third-order valence-corrected chi connectivity index (χ3v) is 5.94. The van der Waals surface area contributed by atoms with Gasteiger partial charge in [0.25, 0.3) is 0 Å². The Hall–Kier alpha value is -2.94. The lowest BCUT2D eigenvalue weighted by Gasteiger charge is -2.37. The Morgan fingerprint density at radius 1 is 1.20 bits per heavy atom. The van der Waals surface area contributed by atoms with Gasteiger partial charge in [-0.05, 0) is 61.3 Å². The monoisotopic (exact) mass is 407 g/mol. The van der Waals surface area contributed by atoms with E-state index in [0.29, 0.717) is 28.7 Å². The highest BCUT2D eigenvalue weighted by atomic mass is 19.1. The van der Waals surface area contributed by atoms with Crippen LogP contribution in [0.3, 0.4) is 0 Å². The Labute approximate surface area is 172 Å². The van der Waals surface area contributed by atoms with Crippen LogP contribution in [-0.2, 0) is 12.6 Å². The number of halogens is 1. The summed E-state index contributed by atoms with van der Waals surface area (Å²) in [6.07, 6.45) is 1.19. The van der Waals surface area contributed by atoms with E-state index in [9.17, 15) is 10.2 Å². The Morgan fingerprint density at radius 2 is 2.03 bits per heavy atom. The van der Waals surface area contributed by atoms with E-state index in [2.05, 4.69) is 20.6 Å². The zero-order chi connectivity index (χ0) is 21.0. The molecule has 4 aromatic rings. The molecule has 3 heterocycles. The van der Waals surface area contributed by atoms with E-state index in [4.69, 9.17) is 0 Å². The molecule has 30 heavy (non-hydrogen) atoms. The lowest BCUT2D eigenvalue weighted by molar-refractivity contribution is -0.0977. The van der Waals surface area contributed by atoms with Gasteiger partial charge in [-0.1, -0.05) is 0 Å². The van der Waals surface area contributed by atoms with E-state index in [1.165, 1.54) is 6.07 Å². The molecule has 2 aromatic heterocycles. The van der Waals surface area contributed by atoms with Crippen LogP contribution in [0.2, 0.25) is 0 Å². The second-order valence-electron chi connectivity index (χ2n) is 8.05. The van der Waals surface area contributed by atoms with Crippen molar-refractivity contribution in [2.24, 2.45) is 7.05 Å². The molecule has 7 nitrogen and oxygen atoms in total. The number of aliphatic hydroxyl groups is 2. The largest absolute Gasteiger partial charge is 0.388 e. The predicted octanol–water partition coefficient (Wildman–Crippen LogP) is 2.17. The number of piperidine rings is 1. The molecule has 0 aliphatic carbocycles. The van der Waals surface area contributed by atoms with E-state index in [1.807, 2.05) is 32.3 Å². The first-order valence-corrected chi connectivity index (χ1v) is 9.88. The molecule has 1 fully saturated rings. The van der Waals surface area contributed by atoms with E-state index >= 15 is 4.39 Å². The molecule has 0 saturated carbocycles. The smallest absolute Gasteiger partial charge is 0.133 e. The molecule has 3 N–H and O–H groups in total. The highest BCUT2D eigenvalue weighted by Gasteiger charge is 2.40. The third-order valence-electron chi connectivity index (χ3n) is 5.94. The lowest BCUT2D eigenvalue weighted by atomic mass is 9.82. The molecule has 5 rings (SSSR count). The van der Waals surface area contributed by atoms with Crippen LogP contribution in [0.15, 0.2) is 36.5 Å². The number of aromatic nitrogens is 4. The Bertz CT molecular complexity index is 1290. The number of aliphatic hydroxyl groups excluding tert-OH is 1. The van der Waals surface area contributed by atoms with Crippen molar-refractivity contribution in [2.75, 3.05) is 13.1 Å². The number of hydrogen-bond acceptors (Lipinski definition) is 6. The number of benzene rings is 2. The maximum atomic E-state index is 15.0. The summed E-state index contributed by atoms with van der Waals surface area (Å²) >= 11 is 0. The molecular formula is C22H22FN5O2. The highest BCUT2D eigenvalue weighted by Crippen LogP contribution is 2.34. The fourth-order valence-electron chi connectivity index (χ4n) is 4.26. The van der Waals surface area contributed by atoms with E-state index < -0.39 is 17.5 Å². The number of hydrogen-bond donors (Lipinski definition) is 3. The second-order valence-corrected chi connectivity index (χ2v) is 8.05. The maximum absolute atomic E-state index is 15.0. The minimum absolute atomic E-state index is 0.247. The van der Waals surface area contributed by atoms with Crippen molar-refractivity contribution in [3.05, 3.63) is 53.5 Å². The SMILES string of the molecule is Cc1cc(-c2cc3c(F)cc([C@@]4(O)CCNC[C@@H]4O)cc3nn2)cc2cn(C)nc12. The molecule has 2 atom stereocenters. The fourth-order valence-corrected chi connectivity index (χ4v) is 4.26. The first-order chi connectivity index (χ1) is 14.3. The minimum atomic E-state index is -1.51. The van der Waals surface area contributed by atoms with Crippen molar-refractivity contribution >= 4 is 21.8 Å². The number of rotatable bonds is 2. The summed E-state index contributed by atoms with van der Waals surface area (Å²) in [5.41, 5.74) is 2.45. The summed E-state index contributed by atoms with van der Waals surface area (Å²) in [5.74, 6) is -0.503. The summed E-state index contributed by atoms with van der Waals surface area (Å²) in [6, 6.07) is 8.50. The third kappa shape index (κ3) is 2.96. The summed E-state index contributed by atoms with van der Waals surface area (Å²) in [4.78, 5) is 0. The standard InChI is InChI=1S/C22H22FN5O2/c1-12-5-13(6-14-11-28(2)27-21(12)14)18-9-16-17(23)7-15(8-19(16)26-25-18)22(30)3-4-24-10-20(22)29/h5-9,11,20,24,29-30H,3-4,10H2,1-2H3/t20-,22-/m0/s1. The van der Waals surface area contributed by atoms with Crippen molar-refractivity contribution in [1.82, 2.24) is 25.3 Å². The Kier molecular flexibility index (Phi) is 4.32. The second kappa shape index (κ2) is 6.80. The summed E-state index contributed by atoms with van der Waals surface area (Å²) in [6.45, 7) is 2.76. The first kappa shape index (κ1) is 19.0. The lowest BCUT2D eigenvalue weighted by Crippen LogP contribution is -2.51. The molecule has 2 aromatic carbocycles. The van der Waals surface area contributed by atoms with Gasteiger partial charge in [-0.2, -0.15) is 5.10 Å². The molecular weight excluding hydrogens is 385 g/mol. The van der Waals surface area contributed by atoms with Crippen LogP contribution in [0.5, 0.6) is 0 Å². The molecule has 0 amide bonds. The van der Waals surface area contributed by atoms with Crippen LogP contribution < -0.4 is 5.32 Å². The van der Waals surface area contributed by atoms with Crippen molar-refractivity contribution in [2.45, 2.75) is 25.0 Å². The predicted molar refractivity (Wildman–Crippen MR) is 111 cm³/mol. The highest BCUT2D eigenvalue weighted by molar-refractivity contribution is 5.89. The Morgan fingerprint density at radius 3 is 2.83 bits per heavy atom. The van der Waals surface area contributed by atoms with E-state index in [0.717, 1.165) is 22.0 Å². The molecule has 0 unspecified atom stereocenters. The van der Waals surface area contributed by atoms with Crippen molar-refractivity contribution in [3.63, 3.8) is 0 Å². The zero-order valence-electron chi connectivity index (χ0n) is 16.7.